The first kappa shape index (κ1) is 17.7. The third-order valence-electron chi connectivity index (χ3n) is 2.80. The number of hydrogen-bond donors (Lipinski definition) is 1. The van der Waals surface area contributed by atoms with E-state index in [0.29, 0.717) is 11.3 Å². The highest BCUT2D eigenvalue weighted by Gasteiger charge is 2.10. The van der Waals surface area contributed by atoms with Crippen molar-refractivity contribution < 1.29 is 14.5 Å². The van der Waals surface area contributed by atoms with Crippen molar-refractivity contribution in [2.45, 2.75) is 0 Å². The van der Waals surface area contributed by atoms with Crippen LogP contribution in [0.1, 0.15) is 5.56 Å². The first-order valence-corrected chi connectivity index (χ1v) is 7.31. The number of primary amides is 1. The van der Waals surface area contributed by atoms with E-state index in [1.54, 1.807) is 12.1 Å². The molecule has 0 aliphatic heterocycles. The van der Waals surface area contributed by atoms with Crippen molar-refractivity contribution in [1.82, 2.24) is 0 Å². The van der Waals surface area contributed by atoms with Gasteiger partial charge in [0.05, 0.1) is 20.7 Å². The monoisotopic (exact) mass is 367 g/mol. The predicted molar refractivity (Wildman–Crippen MR) is 91.5 cm³/mol. The summed E-state index contributed by atoms with van der Waals surface area (Å²) in [6.07, 6.45) is 1.50. The molecule has 0 aliphatic carbocycles. The number of carbonyl (C=O) groups excluding carboxylic acids is 1. The molecule has 2 aromatic carbocycles. The van der Waals surface area contributed by atoms with Crippen LogP contribution in [0.5, 0.6) is 5.75 Å². The highest BCUT2D eigenvalue weighted by Crippen LogP contribution is 2.34. The standard InChI is InChI=1S/C15H11Cl2N3O4/c16-12-5-9(6-13(17)15(12)24-8-14(18)21)7-19-10-1-3-11(4-2-10)20(22)23/h1-7H,8H2,(H2,18,21). The molecule has 0 aromatic heterocycles. The van der Waals surface area contributed by atoms with Gasteiger partial charge in [0.15, 0.2) is 12.4 Å². The van der Waals surface area contributed by atoms with E-state index in [4.69, 9.17) is 33.7 Å². The van der Waals surface area contributed by atoms with E-state index >= 15 is 0 Å². The van der Waals surface area contributed by atoms with E-state index in [1.807, 2.05) is 0 Å². The number of non-ortho nitro benzene ring substituents is 1. The zero-order valence-electron chi connectivity index (χ0n) is 12.1. The molecular weight excluding hydrogens is 357 g/mol. The second-order valence-corrected chi connectivity index (χ2v) is 5.41. The number of hydrogen-bond acceptors (Lipinski definition) is 5. The summed E-state index contributed by atoms with van der Waals surface area (Å²) in [5.41, 5.74) is 6.10. The molecule has 0 radical (unpaired) electrons. The van der Waals surface area contributed by atoms with Crippen LogP contribution in [0.3, 0.4) is 0 Å². The Labute approximate surface area is 146 Å². The lowest BCUT2D eigenvalue weighted by molar-refractivity contribution is -0.384. The fourth-order valence-corrected chi connectivity index (χ4v) is 2.36. The molecule has 0 heterocycles. The van der Waals surface area contributed by atoms with Crippen LogP contribution in [0.15, 0.2) is 41.4 Å². The average Bonchev–Trinajstić information content (AvgIpc) is 2.52. The lowest BCUT2D eigenvalue weighted by atomic mass is 10.2. The fourth-order valence-electron chi connectivity index (χ4n) is 1.74. The van der Waals surface area contributed by atoms with Crippen LogP contribution in [-0.4, -0.2) is 23.7 Å². The number of rotatable bonds is 6. The molecular formula is C15H11Cl2N3O4. The summed E-state index contributed by atoms with van der Waals surface area (Å²) < 4.78 is 5.14. The molecule has 9 heteroatoms. The van der Waals surface area contributed by atoms with Gasteiger partial charge < -0.3 is 10.5 Å². The third kappa shape index (κ3) is 4.68. The summed E-state index contributed by atoms with van der Waals surface area (Å²) >= 11 is 12.1. The van der Waals surface area contributed by atoms with Gasteiger partial charge in [-0.2, -0.15) is 0 Å². The van der Waals surface area contributed by atoms with Crippen LogP contribution in [0.25, 0.3) is 0 Å². The minimum absolute atomic E-state index is 0.0176. The maximum Gasteiger partial charge on any atom is 0.269 e. The second kappa shape index (κ2) is 7.76. The van der Waals surface area contributed by atoms with Gasteiger partial charge in [-0.3, -0.25) is 19.9 Å². The normalized spacial score (nSPS) is 10.8. The van der Waals surface area contributed by atoms with E-state index in [9.17, 15) is 14.9 Å². The van der Waals surface area contributed by atoms with Crippen molar-refractivity contribution >= 4 is 46.7 Å². The number of ether oxygens (including phenoxy) is 1. The highest BCUT2D eigenvalue weighted by atomic mass is 35.5. The molecule has 0 spiro atoms. The fraction of sp³-hybridized carbons (Fsp3) is 0.0667. The number of amides is 1. The largest absolute Gasteiger partial charge is 0.481 e. The average molecular weight is 368 g/mol. The van der Waals surface area contributed by atoms with Gasteiger partial charge >= 0.3 is 0 Å². The number of nitro benzene ring substituents is 1. The number of benzene rings is 2. The van der Waals surface area contributed by atoms with Gasteiger partial charge in [-0.15, -0.1) is 0 Å². The smallest absolute Gasteiger partial charge is 0.269 e. The van der Waals surface area contributed by atoms with Crippen LogP contribution < -0.4 is 10.5 Å². The van der Waals surface area contributed by atoms with Crippen molar-refractivity contribution in [3.05, 3.63) is 62.1 Å². The van der Waals surface area contributed by atoms with E-state index in [1.165, 1.54) is 30.5 Å². The van der Waals surface area contributed by atoms with E-state index in [0.717, 1.165) is 0 Å². The summed E-state index contributed by atoms with van der Waals surface area (Å²) in [6.45, 7) is -0.338. The highest BCUT2D eigenvalue weighted by molar-refractivity contribution is 6.37. The molecule has 0 saturated heterocycles. The van der Waals surface area contributed by atoms with Gasteiger partial charge in [0.25, 0.3) is 11.6 Å². The minimum Gasteiger partial charge on any atom is -0.481 e. The summed E-state index contributed by atoms with van der Waals surface area (Å²) in [5.74, 6) is -0.490. The summed E-state index contributed by atoms with van der Waals surface area (Å²) in [4.78, 5) is 25.0. The van der Waals surface area contributed by atoms with Gasteiger partial charge in [0, 0.05) is 18.3 Å². The van der Waals surface area contributed by atoms with Gasteiger partial charge in [-0.1, -0.05) is 23.2 Å². The van der Waals surface area contributed by atoms with Crippen LogP contribution in [0, 0.1) is 10.1 Å². The summed E-state index contributed by atoms with van der Waals surface area (Å²) in [6, 6.07) is 8.85. The zero-order chi connectivity index (χ0) is 17.7. The molecule has 0 unspecified atom stereocenters. The minimum atomic E-state index is -0.647. The molecule has 0 aliphatic rings. The van der Waals surface area contributed by atoms with E-state index < -0.39 is 10.8 Å². The number of nitrogens with two attached hydrogens (primary N) is 1. The van der Waals surface area contributed by atoms with Gasteiger partial charge in [-0.05, 0) is 29.8 Å². The van der Waals surface area contributed by atoms with Crippen LogP contribution in [0.2, 0.25) is 10.0 Å². The first-order chi connectivity index (χ1) is 11.4. The lowest BCUT2D eigenvalue weighted by Gasteiger charge is -2.09. The van der Waals surface area contributed by atoms with Crippen molar-refractivity contribution in [3.63, 3.8) is 0 Å². The van der Waals surface area contributed by atoms with Crippen molar-refractivity contribution in [2.24, 2.45) is 10.7 Å². The molecule has 2 N–H and O–H groups in total. The molecule has 0 fully saturated rings. The van der Waals surface area contributed by atoms with Crippen LogP contribution in [-0.2, 0) is 4.79 Å². The van der Waals surface area contributed by atoms with Crippen LogP contribution >= 0.6 is 23.2 Å². The van der Waals surface area contributed by atoms with Gasteiger partial charge in [0.2, 0.25) is 0 Å². The molecule has 0 saturated carbocycles. The number of nitro groups is 1. The zero-order valence-corrected chi connectivity index (χ0v) is 13.6. The SMILES string of the molecule is NC(=O)COc1c(Cl)cc(C=Nc2ccc([N+](=O)[O-])cc2)cc1Cl. The molecule has 1 amide bonds. The molecule has 7 nitrogen and oxygen atoms in total. The quantitative estimate of drug-likeness (QED) is 0.478. The Morgan fingerprint density at radius 1 is 1.25 bits per heavy atom. The Bertz CT molecular complexity index is 784. The number of carbonyl (C=O) groups is 1. The molecule has 0 atom stereocenters. The van der Waals surface area contributed by atoms with Crippen molar-refractivity contribution in [2.75, 3.05) is 6.61 Å². The number of aliphatic imine (C=N–C) groups is 1. The number of nitrogens with zero attached hydrogens (tertiary/aromatic N) is 2. The molecule has 24 heavy (non-hydrogen) atoms. The molecule has 2 aromatic rings. The molecule has 2 rings (SSSR count). The third-order valence-corrected chi connectivity index (χ3v) is 3.36. The predicted octanol–water partition coefficient (Wildman–Crippen LogP) is 3.52. The van der Waals surface area contributed by atoms with E-state index in [2.05, 4.69) is 4.99 Å². The first-order valence-electron chi connectivity index (χ1n) is 6.55. The lowest BCUT2D eigenvalue weighted by Crippen LogP contribution is -2.20. The molecule has 124 valence electrons. The maximum absolute atomic E-state index is 10.7. The Morgan fingerprint density at radius 2 is 1.83 bits per heavy atom. The topological polar surface area (TPSA) is 108 Å². The van der Waals surface area contributed by atoms with Gasteiger partial charge in [-0.25, -0.2) is 0 Å². The Kier molecular flexibility index (Phi) is 5.73. The van der Waals surface area contributed by atoms with Crippen molar-refractivity contribution in [3.8, 4) is 5.75 Å². The summed E-state index contributed by atoms with van der Waals surface area (Å²) in [7, 11) is 0. The summed E-state index contributed by atoms with van der Waals surface area (Å²) in [5, 5.41) is 11.0. The van der Waals surface area contributed by atoms with Gasteiger partial charge in [0.1, 0.15) is 0 Å². The Hall–Kier alpha value is -2.64. The Morgan fingerprint density at radius 3 is 2.33 bits per heavy atom. The molecule has 0 bridgehead atoms. The number of halogens is 2. The maximum atomic E-state index is 10.7. The Balaban J connectivity index is 2.17. The second-order valence-electron chi connectivity index (χ2n) is 4.60. The van der Waals surface area contributed by atoms with Crippen LogP contribution in [0.4, 0.5) is 11.4 Å². The van der Waals surface area contributed by atoms with Crippen molar-refractivity contribution in [1.29, 1.82) is 0 Å². The van der Waals surface area contributed by atoms with E-state index in [-0.39, 0.29) is 28.1 Å².